The van der Waals surface area contributed by atoms with Gasteiger partial charge in [-0.25, -0.2) is 4.79 Å². The molecule has 0 aliphatic heterocycles. The van der Waals surface area contributed by atoms with Gasteiger partial charge in [-0.1, -0.05) is 6.58 Å². The lowest BCUT2D eigenvalue weighted by Gasteiger charge is -2.55. The van der Waals surface area contributed by atoms with E-state index in [9.17, 15) is 40.0 Å². The van der Waals surface area contributed by atoms with Gasteiger partial charge in [-0.05, 0) is 56.3 Å². The smallest absolute Gasteiger partial charge is 0.430 e. The van der Waals surface area contributed by atoms with Gasteiger partial charge in [0.15, 0.2) is 0 Å². The summed E-state index contributed by atoms with van der Waals surface area (Å²) >= 11 is 0. The van der Waals surface area contributed by atoms with E-state index < -0.39 is 57.7 Å². The highest BCUT2D eigenvalue weighted by atomic mass is 32.2. The number of carbonyl (C=O) groups is 2. The third-order valence-electron chi connectivity index (χ3n) is 6.62. The van der Waals surface area contributed by atoms with Crippen molar-refractivity contribution in [2.24, 2.45) is 23.2 Å². The second kappa shape index (κ2) is 8.45. The summed E-state index contributed by atoms with van der Waals surface area (Å²) in [6.45, 7) is 1.21. The van der Waals surface area contributed by atoms with Gasteiger partial charge in [-0.2, -0.15) is 30.4 Å². The Hall–Kier alpha value is -1.80. The number of carbonyl (C=O) groups excluding carboxylic acids is 2. The molecule has 1 atom stereocenters. The quantitative estimate of drug-likeness (QED) is 0.166. The van der Waals surface area contributed by atoms with Gasteiger partial charge in [0.1, 0.15) is 0 Å². The summed E-state index contributed by atoms with van der Waals surface area (Å²) in [5, 5.41) is -4.88. The first kappa shape index (κ1) is 25.8. The van der Waals surface area contributed by atoms with E-state index in [0.29, 0.717) is 6.26 Å². The molecule has 0 heterocycles. The predicted octanol–water partition coefficient (Wildman–Crippen LogP) is 3.58. The normalized spacial score (nSPS) is 31.0. The van der Waals surface area contributed by atoms with Crippen LogP contribution in [-0.4, -0.2) is 48.7 Å². The largest absolute Gasteiger partial charge is 0.468 e. The molecule has 0 amide bonds. The van der Waals surface area contributed by atoms with E-state index in [1.54, 1.807) is 0 Å². The van der Waals surface area contributed by atoms with Gasteiger partial charge >= 0.3 is 39.3 Å². The minimum atomic E-state index is -5.97. The number of halogens is 5. The minimum Gasteiger partial charge on any atom is -0.430 e. The number of alkyl halides is 5. The van der Waals surface area contributed by atoms with Crippen molar-refractivity contribution in [3.05, 3.63) is 12.8 Å². The highest BCUT2D eigenvalue weighted by Crippen LogP contribution is 2.61. The molecular formula is C19H23F5O8S. The van der Waals surface area contributed by atoms with Gasteiger partial charge in [0.25, 0.3) is 0 Å². The van der Waals surface area contributed by atoms with E-state index in [-0.39, 0.29) is 37.0 Å². The van der Waals surface area contributed by atoms with Gasteiger partial charge in [0, 0.05) is 0 Å². The molecule has 188 valence electrons. The van der Waals surface area contributed by atoms with Crippen molar-refractivity contribution in [3.8, 4) is 0 Å². The van der Waals surface area contributed by atoms with Crippen molar-refractivity contribution in [1.29, 1.82) is 0 Å². The molecule has 33 heavy (non-hydrogen) atoms. The summed E-state index contributed by atoms with van der Waals surface area (Å²) in [6, 6.07) is 0. The van der Waals surface area contributed by atoms with E-state index in [2.05, 4.69) is 20.8 Å². The molecule has 4 aliphatic carbocycles. The van der Waals surface area contributed by atoms with Crippen LogP contribution in [0.1, 0.15) is 44.9 Å². The van der Waals surface area contributed by atoms with Crippen LogP contribution in [0.25, 0.3) is 0 Å². The fourth-order valence-corrected chi connectivity index (χ4v) is 5.92. The molecule has 1 unspecified atom stereocenters. The van der Waals surface area contributed by atoms with Crippen molar-refractivity contribution < 1.29 is 58.7 Å². The molecule has 4 bridgehead atoms. The van der Waals surface area contributed by atoms with Crippen LogP contribution in [0, 0.1) is 23.2 Å². The Balaban J connectivity index is 1.89. The van der Waals surface area contributed by atoms with Crippen molar-refractivity contribution in [2.45, 2.75) is 62.2 Å². The van der Waals surface area contributed by atoms with E-state index in [4.69, 9.17) is 4.55 Å². The highest BCUT2D eigenvalue weighted by Gasteiger charge is 2.70. The summed E-state index contributed by atoms with van der Waals surface area (Å²) < 4.78 is 112. The second-order valence-electron chi connectivity index (χ2n) is 8.98. The first-order chi connectivity index (χ1) is 15.1. The van der Waals surface area contributed by atoms with Crippen LogP contribution >= 0.6 is 0 Å². The van der Waals surface area contributed by atoms with E-state index >= 15 is 0 Å². The van der Waals surface area contributed by atoms with Crippen molar-refractivity contribution in [2.75, 3.05) is 6.61 Å². The first-order valence-electron chi connectivity index (χ1n) is 10.2. The number of hydrogen-bond acceptors (Lipinski definition) is 7. The van der Waals surface area contributed by atoms with E-state index in [1.165, 1.54) is 0 Å². The van der Waals surface area contributed by atoms with E-state index in [1.807, 2.05) is 0 Å². The maximum atomic E-state index is 14.0. The number of esters is 2. The van der Waals surface area contributed by atoms with Gasteiger partial charge in [-0.3, -0.25) is 9.35 Å². The lowest BCUT2D eigenvalue weighted by atomic mass is 9.49. The molecule has 0 aromatic rings. The Morgan fingerprint density at radius 1 is 1.03 bits per heavy atom. The van der Waals surface area contributed by atoms with E-state index in [0.717, 1.165) is 19.3 Å². The van der Waals surface area contributed by atoms with Gasteiger partial charge in [0.05, 0.1) is 24.7 Å². The van der Waals surface area contributed by atoms with Crippen LogP contribution in [0.2, 0.25) is 0 Å². The standard InChI is InChI=1S/C19H23F5O8S/c1-2-30-15(26)18(19(22,23)24,31-4-3-17(20,21)33(27,28)29)32-14(25)16-8-11-5-12(9-16)7-13(6-11)10-16/h2,11-13H,1,3-10H2,(H,27,28,29). The zero-order chi connectivity index (χ0) is 24.9. The number of rotatable bonds is 9. The Kier molecular flexibility index (Phi) is 6.61. The molecule has 0 aromatic carbocycles. The Labute approximate surface area is 186 Å². The summed E-state index contributed by atoms with van der Waals surface area (Å²) in [4.78, 5) is 25.3. The number of ether oxygens (including phenoxy) is 3. The third-order valence-corrected chi connectivity index (χ3v) is 7.57. The van der Waals surface area contributed by atoms with Gasteiger partial charge < -0.3 is 14.2 Å². The molecule has 8 nitrogen and oxygen atoms in total. The molecule has 0 saturated heterocycles. The monoisotopic (exact) mass is 506 g/mol. The highest BCUT2D eigenvalue weighted by molar-refractivity contribution is 7.86. The van der Waals surface area contributed by atoms with Gasteiger partial charge in [-0.15, -0.1) is 0 Å². The lowest BCUT2D eigenvalue weighted by molar-refractivity contribution is -0.358. The topological polar surface area (TPSA) is 116 Å². The average Bonchev–Trinajstić information content (AvgIpc) is 2.64. The van der Waals surface area contributed by atoms with Crippen LogP contribution < -0.4 is 0 Å². The summed E-state index contributed by atoms with van der Waals surface area (Å²) in [5.41, 5.74) is -1.28. The SMILES string of the molecule is C=COC(=O)C(OCCC(F)(F)S(=O)(=O)O)(OC(=O)C12CC3CC(CC(C3)C1)C2)C(F)(F)F. The fraction of sp³-hybridized carbons (Fsp3) is 0.789. The number of hydrogen-bond donors (Lipinski definition) is 1. The van der Waals surface area contributed by atoms with Crippen molar-refractivity contribution in [1.82, 2.24) is 0 Å². The molecule has 0 aromatic heterocycles. The van der Waals surface area contributed by atoms with Crippen LogP contribution in [0.4, 0.5) is 22.0 Å². The molecule has 1 N–H and O–H groups in total. The van der Waals surface area contributed by atoms with Crippen LogP contribution in [0.15, 0.2) is 12.8 Å². The lowest BCUT2D eigenvalue weighted by Crippen LogP contribution is -2.61. The molecule has 4 aliphatic rings. The second-order valence-corrected chi connectivity index (χ2v) is 10.5. The first-order valence-corrected chi connectivity index (χ1v) is 11.6. The van der Waals surface area contributed by atoms with Crippen LogP contribution in [-0.2, 0) is 33.9 Å². The molecule has 14 heteroatoms. The predicted molar refractivity (Wildman–Crippen MR) is 98.8 cm³/mol. The molecule has 0 radical (unpaired) electrons. The molecule has 4 saturated carbocycles. The molecule has 4 rings (SSSR count). The Morgan fingerprint density at radius 3 is 1.91 bits per heavy atom. The van der Waals surface area contributed by atoms with Crippen molar-refractivity contribution in [3.63, 3.8) is 0 Å². The molecule has 4 fully saturated rings. The maximum Gasteiger partial charge on any atom is 0.468 e. The Bertz CT molecular complexity index is 880. The summed E-state index contributed by atoms with van der Waals surface area (Å²) in [6.07, 6.45) is -4.10. The minimum absolute atomic E-state index is 0.124. The summed E-state index contributed by atoms with van der Waals surface area (Å²) in [7, 11) is -5.97. The van der Waals surface area contributed by atoms with Crippen LogP contribution in [0.5, 0.6) is 0 Å². The van der Waals surface area contributed by atoms with Crippen LogP contribution in [0.3, 0.4) is 0 Å². The molecule has 0 spiro atoms. The summed E-state index contributed by atoms with van der Waals surface area (Å²) in [5.74, 6) is -7.72. The Morgan fingerprint density at radius 2 is 1.52 bits per heavy atom. The zero-order valence-electron chi connectivity index (χ0n) is 17.3. The van der Waals surface area contributed by atoms with Gasteiger partial charge in [0.2, 0.25) is 0 Å². The maximum absolute atomic E-state index is 14.0. The fourth-order valence-electron chi connectivity index (χ4n) is 5.58. The average molecular weight is 506 g/mol. The third kappa shape index (κ3) is 4.74. The molecular weight excluding hydrogens is 483 g/mol. The van der Waals surface area contributed by atoms with Crippen molar-refractivity contribution >= 4 is 22.1 Å². The zero-order valence-corrected chi connectivity index (χ0v) is 18.1.